The van der Waals surface area contributed by atoms with Crippen LogP contribution in [0.1, 0.15) is 17.9 Å². The molecule has 0 amide bonds. The van der Waals surface area contributed by atoms with Crippen molar-refractivity contribution in [1.82, 2.24) is 4.90 Å². The van der Waals surface area contributed by atoms with Crippen LogP contribution in [0.5, 0.6) is 17.2 Å². The first-order valence-electron chi connectivity index (χ1n) is 8.79. The monoisotopic (exact) mass is 343 g/mol. The Morgan fingerprint density at radius 3 is 2.92 bits per heavy atom. The van der Waals surface area contributed by atoms with Gasteiger partial charge in [0.25, 0.3) is 0 Å². The second kappa shape index (κ2) is 7.31. The molecule has 0 N–H and O–H groups in total. The Morgan fingerprint density at radius 2 is 2.00 bits per heavy atom. The number of likely N-dealkylation sites (tertiary alicyclic amines) is 1. The Hall–Kier alpha value is -2.27. The molecule has 0 unspecified atom stereocenters. The molecular weight excluding hydrogens is 321 g/mol. The lowest BCUT2D eigenvalue weighted by Crippen LogP contribution is -2.26. The van der Waals surface area contributed by atoms with Gasteiger partial charge in [-0.1, -0.05) is 18.2 Å². The Labute approximate surface area is 147 Å². The second-order valence-electron chi connectivity index (χ2n) is 6.47. The van der Waals surface area contributed by atoms with Gasteiger partial charge in [-0.25, -0.2) is 4.39 Å². The fourth-order valence-electron chi connectivity index (χ4n) is 3.51. The highest BCUT2D eigenvalue weighted by atomic mass is 19.1. The molecule has 0 radical (unpaired) electrons. The largest absolute Gasteiger partial charge is 0.488 e. The molecule has 2 aliphatic rings. The van der Waals surface area contributed by atoms with Gasteiger partial charge in [-0.2, -0.15) is 0 Å². The minimum atomic E-state index is -0.157. The maximum Gasteiger partial charge on any atom is 0.203 e. The van der Waals surface area contributed by atoms with E-state index in [4.69, 9.17) is 14.2 Å². The van der Waals surface area contributed by atoms with Crippen LogP contribution in [-0.4, -0.2) is 44.4 Å². The summed E-state index contributed by atoms with van der Waals surface area (Å²) >= 11 is 0. The zero-order valence-corrected chi connectivity index (χ0v) is 14.1. The fraction of sp³-hybridized carbons (Fsp3) is 0.400. The lowest BCUT2D eigenvalue weighted by Gasteiger charge is -2.22. The van der Waals surface area contributed by atoms with Crippen LogP contribution in [0.2, 0.25) is 0 Å². The van der Waals surface area contributed by atoms with E-state index in [9.17, 15) is 4.39 Å². The molecule has 2 aliphatic heterocycles. The number of ether oxygens (including phenoxy) is 3. The van der Waals surface area contributed by atoms with Gasteiger partial charge in [-0.3, -0.25) is 4.90 Å². The van der Waals surface area contributed by atoms with Crippen molar-refractivity contribution < 1.29 is 18.6 Å². The van der Waals surface area contributed by atoms with Crippen molar-refractivity contribution in [3.8, 4) is 17.2 Å². The third-order valence-electron chi connectivity index (χ3n) is 4.79. The molecule has 2 aromatic rings. The van der Waals surface area contributed by atoms with Crippen LogP contribution < -0.4 is 14.2 Å². The second-order valence-corrected chi connectivity index (χ2v) is 6.47. The summed E-state index contributed by atoms with van der Waals surface area (Å²) in [5.74, 6) is 2.43. The van der Waals surface area contributed by atoms with Crippen LogP contribution in [0.15, 0.2) is 42.5 Å². The summed E-state index contributed by atoms with van der Waals surface area (Å²) in [5, 5.41) is 0. The number of hydrogen-bond acceptors (Lipinski definition) is 4. The number of rotatable bonds is 5. The average molecular weight is 343 g/mol. The van der Waals surface area contributed by atoms with Gasteiger partial charge in [0, 0.05) is 13.1 Å². The predicted octanol–water partition coefficient (Wildman–Crippen LogP) is 3.47. The summed E-state index contributed by atoms with van der Waals surface area (Å²) in [6.45, 7) is 4.52. The summed E-state index contributed by atoms with van der Waals surface area (Å²) in [6.07, 6.45) is 1.06. The number of para-hydroxylation sites is 1. The molecule has 25 heavy (non-hydrogen) atoms. The summed E-state index contributed by atoms with van der Waals surface area (Å²) in [5.41, 5.74) is 1.09. The van der Waals surface area contributed by atoms with E-state index >= 15 is 0 Å². The first kappa shape index (κ1) is 16.2. The van der Waals surface area contributed by atoms with Gasteiger partial charge in [-0.15, -0.1) is 0 Å². The number of nitrogens with zero attached hydrogens (tertiary/aromatic N) is 1. The molecule has 0 bridgehead atoms. The van der Waals surface area contributed by atoms with Crippen molar-refractivity contribution in [2.45, 2.75) is 12.3 Å². The zero-order valence-electron chi connectivity index (χ0n) is 14.1. The van der Waals surface area contributed by atoms with Crippen molar-refractivity contribution in [1.29, 1.82) is 0 Å². The quantitative estimate of drug-likeness (QED) is 0.832. The molecule has 0 aromatic heterocycles. The predicted molar refractivity (Wildman–Crippen MR) is 93.1 cm³/mol. The molecular formula is C20H22FNO3. The third-order valence-corrected chi connectivity index (χ3v) is 4.79. The standard InChI is InChI=1S/C20H22FNO3/c21-17-4-1-3-15(13-17)16-7-8-22(14-16)9-10-23-18-5-2-6-19-20(18)25-12-11-24-19/h1-6,13,16H,7-12,14H2/t16-/m0/s1. The smallest absolute Gasteiger partial charge is 0.203 e. The third kappa shape index (κ3) is 3.71. The molecule has 1 fully saturated rings. The van der Waals surface area contributed by atoms with Crippen LogP contribution >= 0.6 is 0 Å². The Kier molecular flexibility index (Phi) is 4.74. The van der Waals surface area contributed by atoms with Crippen molar-refractivity contribution in [3.63, 3.8) is 0 Å². The Bertz CT molecular complexity index is 737. The van der Waals surface area contributed by atoms with Gasteiger partial charge in [0.15, 0.2) is 11.5 Å². The van der Waals surface area contributed by atoms with E-state index in [-0.39, 0.29) is 5.82 Å². The number of fused-ring (bicyclic) bond motifs is 1. The Balaban J connectivity index is 1.30. The first-order valence-corrected chi connectivity index (χ1v) is 8.79. The summed E-state index contributed by atoms with van der Waals surface area (Å²) in [4.78, 5) is 2.36. The van der Waals surface area contributed by atoms with Gasteiger partial charge >= 0.3 is 0 Å². The van der Waals surface area contributed by atoms with Gasteiger partial charge in [0.2, 0.25) is 5.75 Å². The molecule has 0 aliphatic carbocycles. The molecule has 2 heterocycles. The molecule has 1 saturated heterocycles. The zero-order chi connectivity index (χ0) is 17.1. The van der Waals surface area contributed by atoms with Gasteiger partial charge in [-0.05, 0) is 48.7 Å². The van der Waals surface area contributed by atoms with Crippen molar-refractivity contribution in [3.05, 3.63) is 53.8 Å². The normalized spacial score (nSPS) is 19.8. The Morgan fingerprint density at radius 1 is 1.12 bits per heavy atom. The number of benzene rings is 2. The minimum absolute atomic E-state index is 0.157. The highest BCUT2D eigenvalue weighted by molar-refractivity contribution is 5.51. The van der Waals surface area contributed by atoms with E-state index in [0.29, 0.717) is 31.5 Å². The summed E-state index contributed by atoms with van der Waals surface area (Å²) in [6, 6.07) is 12.7. The summed E-state index contributed by atoms with van der Waals surface area (Å²) < 4.78 is 30.5. The SMILES string of the molecule is Fc1cccc([C@H]2CCN(CCOc3cccc4c3OCCO4)C2)c1. The van der Waals surface area contributed by atoms with Crippen LogP contribution in [-0.2, 0) is 0 Å². The maximum absolute atomic E-state index is 13.4. The molecule has 132 valence electrons. The maximum atomic E-state index is 13.4. The molecule has 2 aromatic carbocycles. The lowest BCUT2D eigenvalue weighted by atomic mass is 9.98. The highest BCUT2D eigenvalue weighted by Crippen LogP contribution is 2.39. The van der Waals surface area contributed by atoms with E-state index in [2.05, 4.69) is 4.90 Å². The van der Waals surface area contributed by atoms with Crippen molar-refractivity contribution >= 4 is 0 Å². The van der Waals surface area contributed by atoms with Gasteiger partial charge < -0.3 is 14.2 Å². The van der Waals surface area contributed by atoms with E-state index in [1.807, 2.05) is 24.3 Å². The molecule has 5 heteroatoms. The topological polar surface area (TPSA) is 30.9 Å². The van der Waals surface area contributed by atoms with E-state index in [0.717, 1.165) is 43.1 Å². The fourth-order valence-corrected chi connectivity index (χ4v) is 3.51. The molecule has 0 saturated carbocycles. The average Bonchev–Trinajstić information content (AvgIpc) is 3.11. The first-order chi connectivity index (χ1) is 12.3. The van der Waals surface area contributed by atoms with E-state index in [1.165, 1.54) is 6.07 Å². The molecule has 1 atom stereocenters. The van der Waals surface area contributed by atoms with Crippen molar-refractivity contribution in [2.75, 3.05) is 39.5 Å². The van der Waals surface area contributed by atoms with Crippen LogP contribution in [0.3, 0.4) is 0 Å². The lowest BCUT2D eigenvalue weighted by molar-refractivity contribution is 0.158. The molecule has 4 rings (SSSR count). The molecule has 4 nitrogen and oxygen atoms in total. The van der Waals surface area contributed by atoms with E-state index in [1.54, 1.807) is 12.1 Å². The van der Waals surface area contributed by atoms with Gasteiger partial charge in [0.05, 0.1) is 0 Å². The van der Waals surface area contributed by atoms with Crippen molar-refractivity contribution in [2.24, 2.45) is 0 Å². The van der Waals surface area contributed by atoms with E-state index < -0.39 is 0 Å². The van der Waals surface area contributed by atoms with Crippen LogP contribution in [0, 0.1) is 5.82 Å². The van der Waals surface area contributed by atoms with Crippen LogP contribution in [0.25, 0.3) is 0 Å². The summed E-state index contributed by atoms with van der Waals surface area (Å²) in [7, 11) is 0. The molecule has 0 spiro atoms. The van der Waals surface area contributed by atoms with Crippen LogP contribution in [0.4, 0.5) is 4.39 Å². The highest BCUT2D eigenvalue weighted by Gasteiger charge is 2.24. The number of hydrogen-bond donors (Lipinski definition) is 0. The van der Waals surface area contributed by atoms with Gasteiger partial charge in [0.1, 0.15) is 25.6 Å². The number of halogens is 1. The minimum Gasteiger partial charge on any atom is -0.488 e.